The Morgan fingerprint density at radius 2 is 2.36 bits per heavy atom. The second kappa shape index (κ2) is 6.17. The molecule has 1 unspecified atom stereocenters. The van der Waals surface area contributed by atoms with Gasteiger partial charge in [0.1, 0.15) is 0 Å². The fourth-order valence-corrected chi connectivity index (χ4v) is 2.16. The molecule has 0 amide bonds. The normalized spacial score (nSPS) is 15.4. The summed E-state index contributed by atoms with van der Waals surface area (Å²) < 4.78 is 0. The van der Waals surface area contributed by atoms with E-state index in [1.54, 1.807) is 11.3 Å². The van der Waals surface area contributed by atoms with Crippen LogP contribution in [0.5, 0.6) is 0 Å². The molecule has 1 rings (SSSR count). The predicted octanol–water partition coefficient (Wildman–Crippen LogP) is 2.04. The third kappa shape index (κ3) is 4.22. The standard InChI is InChI=1S/C11H19NOS/c1-3-10(12-8-9(2)13)7-11-5-4-6-14-11/h4-6,9-10,12-13H,3,7-8H2,1-2H3/t9-,10?/m0/s1. The first-order valence-electron chi connectivity index (χ1n) is 5.16. The highest BCUT2D eigenvalue weighted by Gasteiger charge is 2.08. The van der Waals surface area contributed by atoms with Crippen LogP contribution in [0.25, 0.3) is 0 Å². The first-order valence-corrected chi connectivity index (χ1v) is 6.04. The molecular formula is C11H19NOS. The van der Waals surface area contributed by atoms with E-state index < -0.39 is 0 Å². The third-order valence-electron chi connectivity index (χ3n) is 2.22. The van der Waals surface area contributed by atoms with Crippen molar-refractivity contribution in [3.05, 3.63) is 22.4 Å². The lowest BCUT2D eigenvalue weighted by Crippen LogP contribution is -2.35. The molecule has 2 nitrogen and oxygen atoms in total. The zero-order valence-corrected chi connectivity index (χ0v) is 9.68. The number of nitrogens with one attached hydrogen (secondary N) is 1. The van der Waals surface area contributed by atoms with Gasteiger partial charge in [-0.25, -0.2) is 0 Å². The van der Waals surface area contributed by atoms with Gasteiger partial charge in [-0.3, -0.25) is 0 Å². The van der Waals surface area contributed by atoms with Crippen molar-refractivity contribution in [2.75, 3.05) is 6.54 Å². The first-order chi connectivity index (χ1) is 6.72. The fourth-order valence-electron chi connectivity index (χ4n) is 1.37. The molecule has 0 saturated carbocycles. The van der Waals surface area contributed by atoms with Crippen LogP contribution < -0.4 is 5.32 Å². The smallest absolute Gasteiger partial charge is 0.0636 e. The van der Waals surface area contributed by atoms with Crippen molar-refractivity contribution in [2.45, 2.75) is 38.8 Å². The summed E-state index contributed by atoms with van der Waals surface area (Å²) >= 11 is 1.80. The van der Waals surface area contributed by atoms with E-state index >= 15 is 0 Å². The van der Waals surface area contributed by atoms with Crippen LogP contribution in [0.3, 0.4) is 0 Å². The predicted molar refractivity (Wildman–Crippen MR) is 61.8 cm³/mol. The Labute approximate surface area is 90.0 Å². The zero-order valence-electron chi connectivity index (χ0n) is 8.86. The van der Waals surface area contributed by atoms with E-state index in [9.17, 15) is 0 Å². The van der Waals surface area contributed by atoms with Crippen LogP contribution in [0.4, 0.5) is 0 Å². The van der Waals surface area contributed by atoms with Crippen molar-refractivity contribution >= 4 is 11.3 Å². The molecule has 0 aliphatic carbocycles. The topological polar surface area (TPSA) is 32.3 Å². The number of thiophene rings is 1. The molecular weight excluding hydrogens is 194 g/mol. The van der Waals surface area contributed by atoms with E-state index in [0.29, 0.717) is 12.6 Å². The number of aliphatic hydroxyl groups is 1. The Kier molecular flexibility index (Phi) is 5.15. The van der Waals surface area contributed by atoms with E-state index in [1.165, 1.54) is 4.88 Å². The van der Waals surface area contributed by atoms with Crippen LogP contribution in [0, 0.1) is 0 Å². The number of hydrogen-bond acceptors (Lipinski definition) is 3. The quantitative estimate of drug-likeness (QED) is 0.758. The average molecular weight is 213 g/mol. The van der Waals surface area contributed by atoms with Gasteiger partial charge in [-0.2, -0.15) is 0 Å². The van der Waals surface area contributed by atoms with Crippen LogP contribution in [0.2, 0.25) is 0 Å². The van der Waals surface area contributed by atoms with Crippen molar-refractivity contribution in [3.8, 4) is 0 Å². The van der Waals surface area contributed by atoms with E-state index in [-0.39, 0.29) is 6.10 Å². The molecule has 2 atom stereocenters. The van der Waals surface area contributed by atoms with Gasteiger partial charge in [-0.05, 0) is 31.2 Å². The Bertz CT molecular complexity index is 233. The fraction of sp³-hybridized carbons (Fsp3) is 0.636. The summed E-state index contributed by atoms with van der Waals surface area (Å²) in [5.74, 6) is 0. The molecule has 0 bridgehead atoms. The molecule has 0 saturated heterocycles. The Morgan fingerprint density at radius 3 is 2.86 bits per heavy atom. The first kappa shape index (κ1) is 11.7. The van der Waals surface area contributed by atoms with Gasteiger partial charge in [0.15, 0.2) is 0 Å². The lowest BCUT2D eigenvalue weighted by atomic mass is 10.1. The Balaban J connectivity index is 2.32. The minimum absolute atomic E-state index is 0.257. The summed E-state index contributed by atoms with van der Waals surface area (Å²) in [7, 11) is 0. The van der Waals surface area contributed by atoms with Gasteiger partial charge in [-0.15, -0.1) is 11.3 Å². The van der Waals surface area contributed by atoms with E-state index in [4.69, 9.17) is 5.11 Å². The highest BCUT2D eigenvalue weighted by Crippen LogP contribution is 2.12. The summed E-state index contributed by atoms with van der Waals surface area (Å²) in [4.78, 5) is 1.41. The van der Waals surface area contributed by atoms with Gasteiger partial charge in [0.2, 0.25) is 0 Å². The molecule has 2 N–H and O–H groups in total. The highest BCUT2D eigenvalue weighted by molar-refractivity contribution is 7.09. The van der Waals surface area contributed by atoms with Crippen LogP contribution in [-0.4, -0.2) is 23.8 Å². The second-order valence-electron chi connectivity index (χ2n) is 3.65. The molecule has 0 fully saturated rings. The van der Waals surface area contributed by atoms with Gasteiger partial charge in [0.25, 0.3) is 0 Å². The van der Waals surface area contributed by atoms with E-state index in [0.717, 1.165) is 12.8 Å². The zero-order chi connectivity index (χ0) is 10.4. The summed E-state index contributed by atoms with van der Waals surface area (Å²) in [5, 5.41) is 14.6. The molecule has 1 heterocycles. The Hall–Kier alpha value is -0.380. The monoisotopic (exact) mass is 213 g/mol. The third-order valence-corrected chi connectivity index (χ3v) is 3.12. The maximum atomic E-state index is 9.16. The molecule has 80 valence electrons. The molecule has 0 spiro atoms. The van der Waals surface area contributed by atoms with Gasteiger partial charge >= 0.3 is 0 Å². The molecule has 1 aromatic heterocycles. The maximum Gasteiger partial charge on any atom is 0.0636 e. The molecule has 0 radical (unpaired) electrons. The SMILES string of the molecule is CCC(Cc1cccs1)NC[C@H](C)O. The van der Waals surface area contributed by atoms with Crippen LogP contribution in [-0.2, 0) is 6.42 Å². The van der Waals surface area contributed by atoms with Crippen LogP contribution >= 0.6 is 11.3 Å². The number of aliphatic hydroxyl groups excluding tert-OH is 1. The maximum absolute atomic E-state index is 9.16. The lowest BCUT2D eigenvalue weighted by Gasteiger charge is -2.17. The molecule has 0 aromatic carbocycles. The minimum Gasteiger partial charge on any atom is -0.392 e. The van der Waals surface area contributed by atoms with Gasteiger partial charge in [0.05, 0.1) is 6.10 Å². The average Bonchev–Trinajstić information content (AvgIpc) is 2.64. The molecule has 0 aliphatic heterocycles. The van der Waals surface area contributed by atoms with Crippen molar-refractivity contribution in [3.63, 3.8) is 0 Å². The summed E-state index contributed by atoms with van der Waals surface area (Å²) in [6.45, 7) is 4.67. The van der Waals surface area contributed by atoms with Crippen molar-refractivity contribution in [2.24, 2.45) is 0 Å². The summed E-state index contributed by atoms with van der Waals surface area (Å²) in [5.41, 5.74) is 0. The number of hydrogen-bond donors (Lipinski definition) is 2. The molecule has 1 aromatic rings. The summed E-state index contributed by atoms with van der Waals surface area (Å²) in [6, 6.07) is 4.74. The van der Waals surface area contributed by atoms with Crippen molar-refractivity contribution in [1.29, 1.82) is 0 Å². The minimum atomic E-state index is -0.257. The van der Waals surface area contributed by atoms with Gasteiger partial charge in [-0.1, -0.05) is 13.0 Å². The van der Waals surface area contributed by atoms with E-state index in [1.807, 2.05) is 6.92 Å². The van der Waals surface area contributed by atoms with Crippen LogP contribution in [0.1, 0.15) is 25.1 Å². The lowest BCUT2D eigenvalue weighted by molar-refractivity contribution is 0.185. The van der Waals surface area contributed by atoms with Crippen LogP contribution in [0.15, 0.2) is 17.5 Å². The molecule has 3 heteroatoms. The van der Waals surface area contributed by atoms with Crippen molar-refractivity contribution in [1.82, 2.24) is 5.32 Å². The largest absolute Gasteiger partial charge is 0.392 e. The summed E-state index contributed by atoms with van der Waals surface area (Å²) in [6.07, 6.45) is 1.92. The second-order valence-corrected chi connectivity index (χ2v) is 4.68. The van der Waals surface area contributed by atoms with E-state index in [2.05, 4.69) is 29.8 Å². The van der Waals surface area contributed by atoms with Gasteiger partial charge < -0.3 is 10.4 Å². The highest BCUT2D eigenvalue weighted by atomic mass is 32.1. The van der Waals surface area contributed by atoms with Gasteiger partial charge in [0, 0.05) is 17.5 Å². The molecule has 14 heavy (non-hydrogen) atoms. The molecule has 0 aliphatic rings. The Morgan fingerprint density at radius 1 is 1.57 bits per heavy atom. The van der Waals surface area contributed by atoms with Crippen molar-refractivity contribution < 1.29 is 5.11 Å². The number of rotatable bonds is 6.